The van der Waals surface area contributed by atoms with Crippen molar-refractivity contribution in [1.82, 2.24) is 0 Å². The van der Waals surface area contributed by atoms with Crippen molar-refractivity contribution in [1.29, 1.82) is 0 Å². The average molecular weight is 326 g/mol. The molecule has 2 aliphatic rings. The van der Waals surface area contributed by atoms with Crippen LogP contribution in [0.2, 0.25) is 0 Å². The highest BCUT2D eigenvalue weighted by Crippen LogP contribution is 2.63. The van der Waals surface area contributed by atoms with E-state index in [2.05, 4.69) is 6.92 Å². The smallest absolute Gasteiger partial charge is 0.507 e. The van der Waals surface area contributed by atoms with E-state index in [1.54, 1.807) is 13.8 Å². The summed E-state index contributed by atoms with van der Waals surface area (Å²) in [5, 5.41) is 12.4. The molecule has 2 aromatic carbocycles. The van der Waals surface area contributed by atoms with Crippen molar-refractivity contribution in [3.05, 3.63) is 35.4 Å². The van der Waals surface area contributed by atoms with Gasteiger partial charge in [0.15, 0.2) is 0 Å². The Hall–Kier alpha value is -2.23. The third-order valence-corrected chi connectivity index (χ3v) is 5.53. The number of phenolic OH excluding ortho intramolecular Hbond substituents is 1. The molecule has 24 heavy (non-hydrogen) atoms. The van der Waals surface area contributed by atoms with Gasteiger partial charge in [0, 0.05) is 21.9 Å². The lowest BCUT2D eigenvalue weighted by Crippen LogP contribution is -2.17. The molecule has 4 rings (SSSR count). The van der Waals surface area contributed by atoms with E-state index in [9.17, 15) is 9.90 Å². The number of carbonyl (C=O) groups excluding carboxylic acids is 1. The number of carbonyl (C=O) groups is 1. The van der Waals surface area contributed by atoms with Gasteiger partial charge in [-0.05, 0) is 44.4 Å². The van der Waals surface area contributed by atoms with Gasteiger partial charge in [0.05, 0.1) is 6.10 Å². The maximum Gasteiger partial charge on any atom is 0.514 e. The SMILES string of the molecule is CC(C)OC(=O)Oc1c2c(c(O)c3ccccc13)C1CCC2C1C. The largest absolute Gasteiger partial charge is 0.514 e. The molecule has 3 atom stereocenters. The van der Waals surface area contributed by atoms with Crippen molar-refractivity contribution >= 4 is 16.9 Å². The summed E-state index contributed by atoms with van der Waals surface area (Å²) in [5.74, 6) is 2.07. The molecule has 2 bridgehead atoms. The van der Waals surface area contributed by atoms with Crippen LogP contribution in [0.15, 0.2) is 24.3 Å². The molecule has 4 nitrogen and oxygen atoms in total. The molecule has 1 fully saturated rings. The van der Waals surface area contributed by atoms with E-state index in [1.165, 1.54) is 0 Å². The van der Waals surface area contributed by atoms with Crippen LogP contribution in [0.25, 0.3) is 10.8 Å². The number of hydrogen-bond acceptors (Lipinski definition) is 4. The van der Waals surface area contributed by atoms with Crippen LogP contribution < -0.4 is 4.74 Å². The van der Waals surface area contributed by atoms with Gasteiger partial charge in [-0.1, -0.05) is 31.2 Å². The molecule has 0 radical (unpaired) electrons. The Balaban J connectivity index is 1.92. The Morgan fingerprint density at radius 2 is 1.75 bits per heavy atom. The third-order valence-electron chi connectivity index (χ3n) is 5.53. The molecule has 4 heteroatoms. The fourth-order valence-electron chi connectivity index (χ4n) is 4.56. The van der Waals surface area contributed by atoms with E-state index in [0.717, 1.165) is 34.7 Å². The first-order valence-corrected chi connectivity index (χ1v) is 8.65. The molecule has 1 saturated carbocycles. The molecule has 3 unspecified atom stereocenters. The van der Waals surface area contributed by atoms with Crippen LogP contribution in [0.3, 0.4) is 0 Å². The highest BCUT2D eigenvalue weighted by atomic mass is 16.7. The molecule has 126 valence electrons. The second-order valence-corrected chi connectivity index (χ2v) is 7.22. The average Bonchev–Trinajstić information content (AvgIpc) is 3.04. The number of hydrogen-bond donors (Lipinski definition) is 1. The molecular formula is C20H22O4. The molecule has 1 N–H and O–H groups in total. The minimum absolute atomic E-state index is 0.232. The van der Waals surface area contributed by atoms with Crippen LogP contribution in [-0.4, -0.2) is 17.4 Å². The van der Waals surface area contributed by atoms with E-state index >= 15 is 0 Å². The topological polar surface area (TPSA) is 55.8 Å². The first-order chi connectivity index (χ1) is 11.5. The van der Waals surface area contributed by atoms with Crippen LogP contribution in [-0.2, 0) is 4.74 Å². The number of rotatable bonds is 2. The first-order valence-electron chi connectivity index (χ1n) is 8.65. The summed E-state index contributed by atoms with van der Waals surface area (Å²) in [6.07, 6.45) is 1.25. The van der Waals surface area contributed by atoms with Gasteiger partial charge in [0.1, 0.15) is 11.5 Å². The van der Waals surface area contributed by atoms with Crippen LogP contribution in [0.1, 0.15) is 56.6 Å². The highest BCUT2D eigenvalue weighted by Gasteiger charge is 2.47. The molecule has 0 aromatic heterocycles. The maximum absolute atomic E-state index is 12.1. The van der Waals surface area contributed by atoms with Crippen molar-refractivity contribution < 1.29 is 19.4 Å². The van der Waals surface area contributed by atoms with Crippen molar-refractivity contribution in [3.8, 4) is 11.5 Å². The maximum atomic E-state index is 12.1. The van der Waals surface area contributed by atoms with E-state index in [4.69, 9.17) is 9.47 Å². The molecule has 0 heterocycles. The van der Waals surface area contributed by atoms with Crippen molar-refractivity contribution in [3.63, 3.8) is 0 Å². The summed E-state index contributed by atoms with van der Waals surface area (Å²) >= 11 is 0. The van der Waals surface area contributed by atoms with E-state index in [1.807, 2.05) is 24.3 Å². The van der Waals surface area contributed by atoms with Crippen LogP contribution in [0.4, 0.5) is 4.79 Å². The van der Waals surface area contributed by atoms with E-state index in [0.29, 0.717) is 29.3 Å². The summed E-state index contributed by atoms with van der Waals surface area (Å²) in [6.45, 7) is 5.82. The van der Waals surface area contributed by atoms with E-state index < -0.39 is 6.16 Å². The minimum Gasteiger partial charge on any atom is -0.507 e. The standard InChI is InChI=1S/C20H22O4/c1-10(2)23-20(22)24-19-15-7-5-4-6-14(15)18(21)16-12-8-9-13(11(12)3)17(16)19/h4-7,10-13,21H,8-9H2,1-3H3. The quantitative estimate of drug-likeness (QED) is 0.617. The Kier molecular flexibility index (Phi) is 3.44. The Bertz CT molecular complexity index is 824. The number of ether oxygens (including phenoxy) is 2. The Morgan fingerprint density at radius 1 is 1.12 bits per heavy atom. The molecule has 0 spiro atoms. The molecule has 2 aliphatic carbocycles. The summed E-state index contributed by atoms with van der Waals surface area (Å²) < 4.78 is 10.8. The molecule has 0 aliphatic heterocycles. The zero-order valence-corrected chi connectivity index (χ0v) is 14.2. The second kappa shape index (κ2) is 5.40. The zero-order valence-electron chi connectivity index (χ0n) is 14.2. The fourth-order valence-corrected chi connectivity index (χ4v) is 4.56. The normalized spacial score (nSPS) is 24.4. The summed E-state index contributed by atoms with van der Waals surface area (Å²) in [4.78, 5) is 12.1. The number of phenols is 1. The first kappa shape index (κ1) is 15.3. The van der Waals surface area contributed by atoms with Crippen LogP contribution in [0.5, 0.6) is 11.5 Å². The predicted molar refractivity (Wildman–Crippen MR) is 91.7 cm³/mol. The molecular weight excluding hydrogens is 304 g/mol. The third kappa shape index (κ3) is 2.09. The Labute approximate surface area is 141 Å². The van der Waals surface area contributed by atoms with Crippen molar-refractivity contribution in [2.75, 3.05) is 0 Å². The van der Waals surface area contributed by atoms with Gasteiger partial charge in [-0.25, -0.2) is 4.79 Å². The highest BCUT2D eigenvalue weighted by molar-refractivity contribution is 5.98. The summed E-state index contributed by atoms with van der Waals surface area (Å²) in [6, 6.07) is 7.55. The molecule has 2 aromatic rings. The van der Waals surface area contributed by atoms with Crippen LogP contribution in [0, 0.1) is 5.92 Å². The van der Waals surface area contributed by atoms with Crippen molar-refractivity contribution in [2.24, 2.45) is 5.92 Å². The van der Waals surface area contributed by atoms with Gasteiger partial charge in [-0.15, -0.1) is 0 Å². The van der Waals surface area contributed by atoms with Gasteiger partial charge in [0.2, 0.25) is 0 Å². The molecule has 0 saturated heterocycles. The molecule has 0 amide bonds. The summed E-state index contributed by atoms with van der Waals surface area (Å²) in [7, 11) is 0. The minimum atomic E-state index is -0.682. The van der Waals surface area contributed by atoms with Gasteiger partial charge in [0.25, 0.3) is 0 Å². The Morgan fingerprint density at radius 3 is 2.42 bits per heavy atom. The van der Waals surface area contributed by atoms with Gasteiger partial charge < -0.3 is 14.6 Å². The summed E-state index contributed by atoms with van der Waals surface area (Å²) in [5.41, 5.74) is 1.99. The van der Waals surface area contributed by atoms with Gasteiger partial charge in [-0.3, -0.25) is 0 Å². The van der Waals surface area contributed by atoms with Crippen LogP contribution >= 0.6 is 0 Å². The zero-order chi connectivity index (χ0) is 17.0. The number of benzene rings is 2. The van der Waals surface area contributed by atoms with E-state index in [-0.39, 0.29) is 6.10 Å². The lowest BCUT2D eigenvalue weighted by Gasteiger charge is -2.22. The van der Waals surface area contributed by atoms with Crippen molar-refractivity contribution in [2.45, 2.75) is 51.6 Å². The number of fused-ring (bicyclic) bond motifs is 6. The monoisotopic (exact) mass is 326 g/mol. The van der Waals surface area contributed by atoms with Gasteiger partial charge in [-0.2, -0.15) is 0 Å². The second-order valence-electron chi connectivity index (χ2n) is 7.22. The number of aromatic hydroxyl groups is 1. The predicted octanol–water partition coefficient (Wildman–Crippen LogP) is 5.08. The van der Waals surface area contributed by atoms with Gasteiger partial charge >= 0.3 is 6.16 Å². The lowest BCUT2D eigenvalue weighted by molar-refractivity contribution is 0.0729. The fraction of sp³-hybridized carbons (Fsp3) is 0.450. The lowest BCUT2D eigenvalue weighted by atomic mass is 9.87.